The lowest BCUT2D eigenvalue weighted by Gasteiger charge is -2.54. The van der Waals surface area contributed by atoms with Crippen molar-refractivity contribution >= 4 is 29.1 Å². The number of nitrogens with zero attached hydrogens (tertiary/aromatic N) is 4. The van der Waals surface area contributed by atoms with E-state index in [1.54, 1.807) is 6.07 Å². The Hall–Kier alpha value is -1.66. The molecule has 2 aliphatic heterocycles. The van der Waals surface area contributed by atoms with Crippen LogP contribution in [0.2, 0.25) is 10.0 Å². The average Bonchev–Trinajstić information content (AvgIpc) is 3.37. The molecule has 2 aromatic rings. The fourth-order valence-corrected chi connectivity index (χ4v) is 6.43. The van der Waals surface area contributed by atoms with Crippen LogP contribution in [0.1, 0.15) is 43.2 Å². The van der Waals surface area contributed by atoms with Crippen LogP contribution in [-0.2, 0) is 17.8 Å². The van der Waals surface area contributed by atoms with Gasteiger partial charge in [-0.15, -0.1) is 0 Å². The highest BCUT2D eigenvalue weighted by molar-refractivity contribution is 6.42. The molecule has 0 bridgehead atoms. The van der Waals surface area contributed by atoms with Gasteiger partial charge in [0.1, 0.15) is 0 Å². The lowest BCUT2D eigenvalue weighted by atomic mass is 9.81. The summed E-state index contributed by atoms with van der Waals surface area (Å²) in [6.07, 6.45) is 10.3. The standard InChI is InChI=1S/C26H32Cl2N4O/c27-21-9-8-19(15-22(21)28)16-25(33)32-14-13-31(18-20-5-4-10-29-17-20)24-7-3-6-23(26(24)32)30-11-1-2-12-30/h4-5,8-10,15,17,23-24,26H,1-3,6-7,11-14,16,18H2/t23-,24-,26+/m1/s1. The minimum Gasteiger partial charge on any atom is -0.335 e. The third kappa shape index (κ3) is 5.07. The SMILES string of the molecule is O=C(Cc1ccc(Cl)c(Cl)c1)N1CCN(Cc2cccnc2)[C@@H]2CCC[C@@H](N3CCCC3)[C@@H]21. The van der Waals surface area contributed by atoms with E-state index in [9.17, 15) is 4.79 Å². The molecule has 0 radical (unpaired) electrons. The van der Waals surface area contributed by atoms with Gasteiger partial charge < -0.3 is 4.90 Å². The number of halogens is 2. The highest BCUT2D eigenvalue weighted by Gasteiger charge is 2.46. The lowest BCUT2D eigenvalue weighted by molar-refractivity contribution is -0.143. The zero-order chi connectivity index (χ0) is 22.8. The molecule has 5 rings (SSSR count). The number of likely N-dealkylation sites (tertiary alicyclic amines) is 1. The molecule has 3 atom stereocenters. The van der Waals surface area contributed by atoms with Gasteiger partial charge in [0.15, 0.2) is 0 Å². The quantitative estimate of drug-likeness (QED) is 0.615. The number of piperazine rings is 1. The molecule has 1 aromatic carbocycles. The molecule has 1 aliphatic carbocycles. The summed E-state index contributed by atoms with van der Waals surface area (Å²) in [5, 5.41) is 1.03. The Morgan fingerprint density at radius 3 is 2.52 bits per heavy atom. The van der Waals surface area contributed by atoms with Crippen LogP contribution in [0.15, 0.2) is 42.7 Å². The van der Waals surface area contributed by atoms with E-state index >= 15 is 0 Å². The van der Waals surface area contributed by atoms with E-state index in [1.807, 2.05) is 30.6 Å². The average molecular weight is 487 g/mol. The van der Waals surface area contributed by atoms with E-state index in [0.29, 0.717) is 28.5 Å². The summed E-state index contributed by atoms with van der Waals surface area (Å²) >= 11 is 12.3. The van der Waals surface area contributed by atoms with E-state index in [4.69, 9.17) is 23.2 Å². The molecule has 0 N–H and O–H groups in total. The highest BCUT2D eigenvalue weighted by atomic mass is 35.5. The van der Waals surface area contributed by atoms with Gasteiger partial charge in [-0.05, 0) is 68.1 Å². The number of pyridine rings is 1. The summed E-state index contributed by atoms with van der Waals surface area (Å²) in [5.74, 6) is 0.204. The Labute approximate surface area is 206 Å². The number of carbonyl (C=O) groups is 1. The van der Waals surface area contributed by atoms with Crippen LogP contribution in [-0.4, -0.2) is 69.9 Å². The summed E-state index contributed by atoms with van der Waals surface area (Å²) in [6.45, 7) is 4.88. The van der Waals surface area contributed by atoms with Crippen LogP contribution in [0.25, 0.3) is 0 Å². The van der Waals surface area contributed by atoms with Gasteiger partial charge in [0.05, 0.1) is 22.5 Å². The number of rotatable bonds is 5. The molecule has 5 nitrogen and oxygen atoms in total. The van der Waals surface area contributed by atoms with Crippen LogP contribution in [0.4, 0.5) is 0 Å². The first-order valence-corrected chi connectivity index (χ1v) is 13.0. The molecular weight excluding hydrogens is 455 g/mol. The van der Waals surface area contributed by atoms with Crippen LogP contribution >= 0.6 is 23.2 Å². The fraction of sp³-hybridized carbons (Fsp3) is 0.538. The van der Waals surface area contributed by atoms with Crippen molar-refractivity contribution in [2.24, 2.45) is 0 Å². The summed E-state index contributed by atoms with van der Waals surface area (Å²) < 4.78 is 0. The second kappa shape index (κ2) is 10.3. The highest BCUT2D eigenvalue weighted by Crippen LogP contribution is 2.36. The van der Waals surface area contributed by atoms with Gasteiger partial charge in [-0.1, -0.05) is 41.8 Å². The number of aromatic nitrogens is 1. The van der Waals surface area contributed by atoms with Gasteiger partial charge in [0.25, 0.3) is 0 Å². The van der Waals surface area contributed by atoms with Crippen LogP contribution in [0, 0.1) is 0 Å². The van der Waals surface area contributed by atoms with Crippen molar-refractivity contribution in [3.05, 3.63) is 63.9 Å². The molecular formula is C26H32Cl2N4O. The molecule has 3 heterocycles. The number of fused-ring (bicyclic) bond motifs is 1. The Kier molecular flexibility index (Phi) is 7.21. The second-order valence-electron chi connectivity index (χ2n) is 9.64. The molecule has 2 saturated heterocycles. The molecule has 33 heavy (non-hydrogen) atoms. The summed E-state index contributed by atoms with van der Waals surface area (Å²) in [4.78, 5) is 25.4. The fourth-order valence-electron chi connectivity index (χ4n) is 6.11. The zero-order valence-electron chi connectivity index (χ0n) is 19.0. The van der Waals surface area contributed by atoms with Crippen molar-refractivity contribution in [3.63, 3.8) is 0 Å². The van der Waals surface area contributed by atoms with Gasteiger partial charge >= 0.3 is 0 Å². The molecule has 176 valence electrons. The monoisotopic (exact) mass is 486 g/mol. The Bertz CT molecular complexity index is 966. The number of hydrogen-bond acceptors (Lipinski definition) is 4. The van der Waals surface area contributed by atoms with E-state index in [-0.39, 0.29) is 11.9 Å². The van der Waals surface area contributed by atoms with Crippen molar-refractivity contribution in [1.82, 2.24) is 19.7 Å². The zero-order valence-corrected chi connectivity index (χ0v) is 20.5. The lowest BCUT2D eigenvalue weighted by Crippen LogP contribution is -2.68. The maximum absolute atomic E-state index is 13.6. The van der Waals surface area contributed by atoms with Crippen molar-refractivity contribution < 1.29 is 4.79 Å². The van der Waals surface area contributed by atoms with Gasteiger partial charge in [0.2, 0.25) is 5.91 Å². The van der Waals surface area contributed by atoms with E-state index in [2.05, 4.69) is 25.8 Å². The van der Waals surface area contributed by atoms with Gasteiger partial charge in [-0.25, -0.2) is 0 Å². The van der Waals surface area contributed by atoms with Crippen molar-refractivity contribution in [2.75, 3.05) is 26.2 Å². The van der Waals surface area contributed by atoms with E-state index < -0.39 is 0 Å². The molecule has 1 aromatic heterocycles. The predicted octanol–water partition coefficient (Wildman–Crippen LogP) is 4.66. The maximum atomic E-state index is 13.6. The number of hydrogen-bond donors (Lipinski definition) is 0. The van der Waals surface area contributed by atoms with Crippen LogP contribution in [0.3, 0.4) is 0 Å². The molecule has 0 unspecified atom stereocenters. The molecule has 3 aliphatic rings. The maximum Gasteiger partial charge on any atom is 0.227 e. The summed E-state index contributed by atoms with van der Waals surface area (Å²) in [7, 11) is 0. The first-order valence-electron chi connectivity index (χ1n) is 12.2. The largest absolute Gasteiger partial charge is 0.335 e. The minimum atomic E-state index is 0.204. The topological polar surface area (TPSA) is 39.7 Å². The first-order chi connectivity index (χ1) is 16.1. The van der Waals surface area contributed by atoms with Crippen molar-refractivity contribution in [2.45, 2.75) is 63.2 Å². The van der Waals surface area contributed by atoms with Gasteiger partial charge in [0, 0.05) is 44.1 Å². The van der Waals surface area contributed by atoms with E-state index in [0.717, 1.165) is 44.7 Å². The van der Waals surface area contributed by atoms with Gasteiger partial charge in [-0.2, -0.15) is 0 Å². The third-order valence-corrected chi connectivity index (χ3v) is 8.36. The molecule has 0 spiro atoms. The number of benzene rings is 1. The third-order valence-electron chi connectivity index (χ3n) is 7.62. The van der Waals surface area contributed by atoms with Crippen LogP contribution in [0.5, 0.6) is 0 Å². The predicted molar refractivity (Wildman–Crippen MR) is 133 cm³/mol. The van der Waals surface area contributed by atoms with Crippen LogP contribution < -0.4 is 0 Å². The smallest absolute Gasteiger partial charge is 0.227 e. The minimum absolute atomic E-state index is 0.204. The molecule has 1 amide bonds. The number of amides is 1. The first kappa shape index (κ1) is 23.1. The summed E-state index contributed by atoms with van der Waals surface area (Å²) in [5.41, 5.74) is 2.17. The second-order valence-corrected chi connectivity index (χ2v) is 10.5. The Balaban J connectivity index is 1.39. The Morgan fingerprint density at radius 1 is 0.939 bits per heavy atom. The summed E-state index contributed by atoms with van der Waals surface area (Å²) in [6, 6.07) is 10.8. The molecule has 1 saturated carbocycles. The van der Waals surface area contributed by atoms with Crippen molar-refractivity contribution in [1.29, 1.82) is 0 Å². The van der Waals surface area contributed by atoms with E-state index in [1.165, 1.54) is 31.2 Å². The number of carbonyl (C=O) groups excluding carboxylic acids is 1. The van der Waals surface area contributed by atoms with Gasteiger partial charge in [-0.3, -0.25) is 19.6 Å². The Morgan fingerprint density at radius 2 is 1.76 bits per heavy atom. The molecule has 7 heteroatoms. The van der Waals surface area contributed by atoms with Crippen molar-refractivity contribution in [3.8, 4) is 0 Å². The normalized spacial score (nSPS) is 26.4. The molecule has 3 fully saturated rings.